The summed E-state index contributed by atoms with van der Waals surface area (Å²) in [6.45, 7) is 1.36. The summed E-state index contributed by atoms with van der Waals surface area (Å²) in [6, 6.07) is 24.0. The first-order valence-corrected chi connectivity index (χ1v) is 11.6. The van der Waals surface area contributed by atoms with E-state index in [0.29, 0.717) is 12.0 Å². The Labute approximate surface area is 228 Å². The van der Waals surface area contributed by atoms with E-state index in [1.165, 1.54) is 20.2 Å². The molecule has 0 saturated carbocycles. The lowest BCUT2D eigenvalue weighted by molar-refractivity contribution is -0.192. The van der Waals surface area contributed by atoms with Crippen LogP contribution in [-0.4, -0.2) is 53.3 Å². The van der Waals surface area contributed by atoms with Crippen molar-refractivity contribution in [3.63, 3.8) is 0 Å². The van der Waals surface area contributed by atoms with Crippen molar-refractivity contribution in [1.29, 1.82) is 5.26 Å². The minimum atomic E-state index is -5.08. The second kappa shape index (κ2) is 14.1. The molecule has 0 bridgehead atoms. The number of nitrogens with zero attached hydrogens (tertiary/aromatic N) is 3. The highest BCUT2D eigenvalue weighted by Crippen LogP contribution is 2.25. The first-order chi connectivity index (χ1) is 18.9. The lowest BCUT2D eigenvalue weighted by Crippen LogP contribution is -2.44. The van der Waals surface area contributed by atoms with Gasteiger partial charge in [0.05, 0.1) is 17.8 Å². The predicted molar refractivity (Wildman–Crippen MR) is 143 cm³/mol. The Balaban J connectivity index is 0.000000708. The quantitative estimate of drug-likeness (QED) is 0.226. The van der Waals surface area contributed by atoms with Crippen molar-refractivity contribution in [2.75, 3.05) is 12.4 Å². The number of likely N-dealkylation sites (N-methyl/N-ethyl adjacent to an activating group) is 1. The van der Waals surface area contributed by atoms with Gasteiger partial charge in [-0.2, -0.15) is 23.5 Å². The van der Waals surface area contributed by atoms with E-state index in [4.69, 9.17) is 15.7 Å². The number of halogens is 3. The van der Waals surface area contributed by atoms with E-state index >= 15 is 0 Å². The molecule has 0 saturated heterocycles. The number of nitriles is 1. The fraction of sp³-hybridized carbons (Fsp3) is 0.179. The van der Waals surface area contributed by atoms with Crippen molar-refractivity contribution in [2.24, 2.45) is 10.9 Å². The summed E-state index contributed by atoms with van der Waals surface area (Å²) in [7, 11) is 1.47. The molecule has 0 aromatic heterocycles. The van der Waals surface area contributed by atoms with Gasteiger partial charge in [-0.3, -0.25) is 14.5 Å². The van der Waals surface area contributed by atoms with Crippen molar-refractivity contribution < 1.29 is 32.7 Å². The molecule has 2 amide bonds. The molecule has 0 spiro atoms. The van der Waals surface area contributed by atoms with E-state index in [-0.39, 0.29) is 11.8 Å². The molecule has 4 N–H and O–H groups in total. The number of rotatable bonds is 7. The Bertz CT molecular complexity index is 1420. The lowest BCUT2D eigenvalue weighted by Gasteiger charge is -2.24. The number of amides is 2. The van der Waals surface area contributed by atoms with Crippen LogP contribution in [0.4, 0.5) is 18.9 Å². The largest absolute Gasteiger partial charge is 0.490 e. The molecule has 0 fully saturated rings. The SMILES string of the molecule is CC(=O)N(C)C(=O)[C@H](Cc1cccc(C=NN)c1)Nc1ccc(-c2ccccc2C#N)cc1.O=C(O)C(F)(F)F. The van der Waals surface area contributed by atoms with Crippen LogP contribution in [0, 0.1) is 11.3 Å². The van der Waals surface area contributed by atoms with Crippen LogP contribution in [0.25, 0.3) is 11.1 Å². The van der Waals surface area contributed by atoms with Gasteiger partial charge in [-0.15, -0.1) is 0 Å². The van der Waals surface area contributed by atoms with Gasteiger partial charge in [0, 0.05) is 26.1 Å². The lowest BCUT2D eigenvalue weighted by atomic mass is 9.99. The molecule has 1 atom stereocenters. The molecule has 0 radical (unpaired) electrons. The number of hydrogen-bond acceptors (Lipinski definition) is 7. The van der Waals surface area contributed by atoms with Crippen LogP contribution in [0.2, 0.25) is 0 Å². The van der Waals surface area contributed by atoms with E-state index in [1.807, 2.05) is 66.7 Å². The normalized spacial score (nSPS) is 11.5. The molecular formula is C28H26F3N5O4. The maximum absolute atomic E-state index is 13.0. The standard InChI is InChI=1S/C26H25N5O2.C2HF3O2/c1-18(32)31(2)26(33)25(15-19-6-5-7-20(14-19)17-29-28)30-23-12-10-21(11-13-23)24-9-4-3-8-22(24)16-27;3-2(4,5)1(6)7/h3-14,17,25,30H,15,28H2,1-2H3;(H,6,7)/t25-;/m0./s1. The van der Waals surface area contributed by atoms with E-state index in [1.54, 1.807) is 6.07 Å². The average Bonchev–Trinajstić information content (AvgIpc) is 2.92. The van der Waals surface area contributed by atoms with Gasteiger partial charge < -0.3 is 16.3 Å². The number of carboxylic acids is 1. The van der Waals surface area contributed by atoms with Crippen molar-refractivity contribution in [3.8, 4) is 17.2 Å². The Morgan fingerprint density at radius 1 is 1.10 bits per heavy atom. The Kier molecular flexibility index (Phi) is 10.9. The number of nitrogens with one attached hydrogen (secondary N) is 1. The first-order valence-electron chi connectivity index (χ1n) is 11.6. The number of hydrogen-bond donors (Lipinski definition) is 3. The summed E-state index contributed by atoms with van der Waals surface area (Å²) in [6.07, 6.45) is -3.19. The molecule has 40 heavy (non-hydrogen) atoms. The van der Waals surface area contributed by atoms with Gasteiger partial charge in [0.25, 0.3) is 5.91 Å². The number of carbonyl (C=O) groups is 3. The molecule has 3 aromatic carbocycles. The fourth-order valence-corrected chi connectivity index (χ4v) is 3.49. The van der Waals surface area contributed by atoms with Crippen LogP contribution in [0.1, 0.15) is 23.6 Å². The van der Waals surface area contributed by atoms with Crippen LogP contribution in [0.5, 0.6) is 0 Å². The Morgan fingerprint density at radius 2 is 1.73 bits per heavy atom. The molecule has 208 valence electrons. The summed E-state index contributed by atoms with van der Waals surface area (Å²) >= 11 is 0. The average molecular weight is 554 g/mol. The summed E-state index contributed by atoms with van der Waals surface area (Å²) in [5, 5.41) is 23.3. The van der Waals surface area contributed by atoms with Gasteiger partial charge in [-0.25, -0.2) is 4.79 Å². The molecule has 0 unspecified atom stereocenters. The summed E-state index contributed by atoms with van der Waals surface area (Å²) in [4.78, 5) is 34.9. The molecule has 3 rings (SSSR count). The Hall–Kier alpha value is -5.18. The minimum absolute atomic E-state index is 0.334. The van der Waals surface area contributed by atoms with E-state index < -0.39 is 18.2 Å². The molecule has 0 aliphatic heterocycles. The number of hydrazone groups is 1. The zero-order valence-electron chi connectivity index (χ0n) is 21.5. The number of alkyl halides is 3. The molecule has 9 nitrogen and oxygen atoms in total. The van der Waals surface area contributed by atoms with Gasteiger partial charge in [-0.1, -0.05) is 54.6 Å². The molecular weight excluding hydrogens is 527 g/mol. The summed E-state index contributed by atoms with van der Waals surface area (Å²) in [5.74, 6) is 1.82. The number of aliphatic carboxylic acids is 1. The molecule has 12 heteroatoms. The van der Waals surface area contributed by atoms with Gasteiger partial charge in [0.1, 0.15) is 6.04 Å². The number of nitrogens with two attached hydrogens (primary N) is 1. The van der Waals surface area contributed by atoms with Crippen LogP contribution in [0.15, 0.2) is 77.9 Å². The first kappa shape index (κ1) is 31.0. The monoisotopic (exact) mass is 553 g/mol. The number of imide groups is 1. The van der Waals surface area contributed by atoms with E-state index in [2.05, 4.69) is 16.5 Å². The topological polar surface area (TPSA) is 149 Å². The molecule has 3 aromatic rings. The van der Waals surface area contributed by atoms with Crippen LogP contribution in [0.3, 0.4) is 0 Å². The zero-order valence-corrected chi connectivity index (χ0v) is 21.5. The number of anilines is 1. The highest BCUT2D eigenvalue weighted by molar-refractivity contribution is 5.98. The third kappa shape index (κ3) is 8.98. The van der Waals surface area contributed by atoms with Gasteiger partial charge >= 0.3 is 12.1 Å². The highest BCUT2D eigenvalue weighted by atomic mass is 19.4. The minimum Gasteiger partial charge on any atom is -0.475 e. The third-order valence-electron chi connectivity index (χ3n) is 5.54. The zero-order chi connectivity index (χ0) is 29.9. The third-order valence-corrected chi connectivity index (χ3v) is 5.54. The summed E-state index contributed by atoms with van der Waals surface area (Å²) in [5.41, 5.74) is 4.78. The Morgan fingerprint density at radius 3 is 2.27 bits per heavy atom. The van der Waals surface area contributed by atoms with Crippen molar-refractivity contribution in [2.45, 2.75) is 25.6 Å². The summed E-state index contributed by atoms with van der Waals surface area (Å²) < 4.78 is 31.7. The molecule has 0 aliphatic rings. The van der Waals surface area contributed by atoms with Gasteiger partial charge in [0.15, 0.2) is 0 Å². The highest BCUT2D eigenvalue weighted by Gasteiger charge is 2.38. The molecule has 0 heterocycles. The second-order valence-corrected chi connectivity index (χ2v) is 8.38. The maximum atomic E-state index is 13.0. The van der Waals surface area contributed by atoms with Crippen LogP contribution < -0.4 is 11.2 Å². The maximum Gasteiger partial charge on any atom is 0.490 e. The van der Waals surface area contributed by atoms with Gasteiger partial charge in [0.2, 0.25) is 5.91 Å². The van der Waals surface area contributed by atoms with Crippen LogP contribution in [-0.2, 0) is 20.8 Å². The number of carboxylic acid groups (broad SMARTS) is 1. The van der Waals surface area contributed by atoms with E-state index in [9.17, 15) is 28.0 Å². The fourth-order valence-electron chi connectivity index (χ4n) is 3.49. The number of carbonyl (C=O) groups excluding carboxylic acids is 2. The van der Waals surface area contributed by atoms with Crippen LogP contribution >= 0.6 is 0 Å². The smallest absolute Gasteiger partial charge is 0.475 e. The molecule has 0 aliphatic carbocycles. The van der Waals surface area contributed by atoms with Crippen molar-refractivity contribution in [1.82, 2.24) is 4.90 Å². The predicted octanol–water partition coefficient (Wildman–Crippen LogP) is 4.18. The second-order valence-electron chi connectivity index (χ2n) is 8.38. The van der Waals surface area contributed by atoms with Crippen molar-refractivity contribution in [3.05, 3.63) is 89.5 Å². The van der Waals surface area contributed by atoms with E-state index in [0.717, 1.165) is 32.8 Å². The van der Waals surface area contributed by atoms with Crippen molar-refractivity contribution >= 4 is 29.7 Å². The number of benzene rings is 3. The van der Waals surface area contributed by atoms with Gasteiger partial charge in [-0.05, 0) is 40.5 Å².